The Hall–Kier alpha value is -3.01. The molecule has 8 nitrogen and oxygen atoms in total. The summed E-state index contributed by atoms with van der Waals surface area (Å²) >= 11 is 6.76. The SMILES string of the molecule is CN1CCC[C@H]1COc1nc(N2CCCC(O)CC2)c2cc(Cl)c(-c3cccc4[nH]ncc34)c(F)c2n1. The summed E-state index contributed by atoms with van der Waals surface area (Å²) in [5.41, 5.74) is 1.89. The molecule has 2 fully saturated rings. The average Bonchev–Trinajstić information content (AvgIpc) is 3.48. The van der Waals surface area contributed by atoms with Gasteiger partial charge in [0.25, 0.3) is 0 Å². The Morgan fingerprint density at radius 2 is 2.00 bits per heavy atom. The molecule has 1 unspecified atom stereocenters. The van der Waals surface area contributed by atoms with E-state index in [0.29, 0.717) is 42.9 Å². The van der Waals surface area contributed by atoms with Gasteiger partial charge >= 0.3 is 6.01 Å². The quantitative estimate of drug-likeness (QED) is 0.388. The van der Waals surface area contributed by atoms with Crippen LogP contribution in [0.3, 0.4) is 0 Å². The fraction of sp³-hybridized carbons (Fsp3) is 0.444. The molecular formula is C27H30ClFN6O2. The van der Waals surface area contributed by atoms with Gasteiger partial charge in [0.15, 0.2) is 5.82 Å². The van der Waals surface area contributed by atoms with E-state index in [9.17, 15) is 5.11 Å². The maximum absolute atomic E-state index is 16.4. The summed E-state index contributed by atoms with van der Waals surface area (Å²) in [4.78, 5) is 13.7. The molecule has 2 aromatic heterocycles. The van der Waals surface area contributed by atoms with Crippen molar-refractivity contribution in [2.24, 2.45) is 0 Å². The minimum absolute atomic E-state index is 0.154. The highest BCUT2D eigenvalue weighted by atomic mass is 35.5. The summed E-state index contributed by atoms with van der Waals surface area (Å²) in [7, 11) is 2.08. The lowest BCUT2D eigenvalue weighted by Gasteiger charge is -2.25. The van der Waals surface area contributed by atoms with Gasteiger partial charge < -0.3 is 19.6 Å². The monoisotopic (exact) mass is 524 g/mol. The molecule has 0 aliphatic carbocycles. The topological polar surface area (TPSA) is 90.4 Å². The molecular weight excluding hydrogens is 495 g/mol. The maximum Gasteiger partial charge on any atom is 0.319 e. The van der Waals surface area contributed by atoms with Crippen molar-refractivity contribution in [1.29, 1.82) is 0 Å². The van der Waals surface area contributed by atoms with Gasteiger partial charge in [-0.25, -0.2) is 4.39 Å². The molecule has 0 saturated carbocycles. The molecule has 10 heteroatoms. The molecule has 6 rings (SSSR count). The predicted octanol–water partition coefficient (Wildman–Crippen LogP) is 4.79. The van der Waals surface area contributed by atoms with E-state index < -0.39 is 5.82 Å². The fourth-order valence-corrected chi connectivity index (χ4v) is 5.84. The molecule has 0 bridgehead atoms. The minimum Gasteiger partial charge on any atom is -0.462 e. The van der Waals surface area contributed by atoms with E-state index in [0.717, 1.165) is 43.1 Å². The summed E-state index contributed by atoms with van der Waals surface area (Å²) in [5.74, 6) is 0.0697. The highest BCUT2D eigenvalue weighted by molar-refractivity contribution is 6.35. The Balaban J connectivity index is 1.49. The van der Waals surface area contributed by atoms with Crippen molar-refractivity contribution >= 4 is 39.2 Å². The number of anilines is 1. The lowest BCUT2D eigenvalue weighted by Crippen LogP contribution is -2.31. The van der Waals surface area contributed by atoms with Gasteiger partial charge in [-0.3, -0.25) is 5.10 Å². The van der Waals surface area contributed by atoms with Gasteiger partial charge in [0.1, 0.15) is 17.9 Å². The number of nitrogens with one attached hydrogen (secondary N) is 1. The highest BCUT2D eigenvalue weighted by Crippen LogP contribution is 2.41. The predicted molar refractivity (Wildman–Crippen MR) is 143 cm³/mol. The zero-order valence-corrected chi connectivity index (χ0v) is 21.5. The van der Waals surface area contributed by atoms with Crippen LogP contribution < -0.4 is 9.64 Å². The van der Waals surface area contributed by atoms with Gasteiger partial charge in [-0.1, -0.05) is 23.7 Å². The van der Waals surface area contributed by atoms with Crippen LogP contribution in [0.4, 0.5) is 10.2 Å². The van der Waals surface area contributed by atoms with Crippen LogP contribution in [0, 0.1) is 5.82 Å². The number of rotatable bonds is 5. The van der Waals surface area contributed by atoms with E-state index in [2.05, 4.69) is 32.0 Å². The number of ether oxygens (including phenoxy) is 1. The van der Waals surface area contributed by atoms with E-state index in [1.807, 2.05) is 18.2 Å². The lowest BCUT2D eigenvalue weighted by atomic mass is 9.99. The van der Waals surface area contributed by atoms with Crippen molar-refractivity contribution < 1.29 is 14.2 Å². The zero-order valence-electron chi connectivity index (χ0n) is 20.8. The van der Waals surface area contributed by atoms with Crippen molar-refractivity contribution in [1.82, 2.24) is 25.1 Å². The molecule has 37 heavy (non-hydrogen) atoms. The van der Waals surface area contributed by atoms with Crippen molar-refractivity contribution in [3.05, 3.63) is 41.3 Å². The molecule has 0 amide bonds. The van der Waals surface area contributed by atoms with Crippen molar-refractivity contribution in [2.75, 3.05) is 38.2 Å². The molecule has 0 spiro atoms. The van der Waals surface area contributed by atoms with Crippen LogP contribution in [0.1, 0.15) is 32.1 Å². The van der Waals surface area contributed by atoms with Gasteiger partial charge in [-0.05, 0) is 63.4 Å². The number of aliphatic hydroxyl groups excluding tert-OH is 1. The molecule has 4 aromatic rings. The molecule has 4 heterocycles. The Bertz CT molecular complexity index is 1450. The number of benzene rings is 2. The average molecular weight is 525 g/mol. The van der Waals surface area contributed by atoms with Crippen LogP contribution in [-0.2, 0) is 0 Å². The number of aromatic nitrogens is 4. The number of aliphatic hydroxyl groups is 1. The molecule has 2 atom stereocenters. The summed E-state index contributed by atoms with van der Waals surface area (Å²) in [5, 5.41) is 18.8. The number of nitrogens with zero attached hydrogens (tertiary/aromatic N) is 5. The summed E-state index contributed by atoms with van der Waals surface area (Å²) in [6, 6.07) is 7.75. The summed E-state index contributed by atoms with van der Waals surface area (Å²) in [6.07, 6.45) is 5.65. The third-order valence-electron chi connectivity index (χ3n) is 7.67. The maximum atomic E-state index is 16.4. The molecule has 2 aliphatic rings. The second-order valence-corrected chi connectivity index (χ2v) is 10.5. The number of hydrogen-bond donors (Lipinski definition) is 2. The van der Waals surface area contributed by atoms with Crippen LogP contribution >= 0.6 is 11.6 Å². The van der Waals surface area contributed by atoms with Gasteiger partial charge in [0.2, 0.25) is 0 Å². The summed E-state index contributed by atoms with van der Waals surface area (Å²) < 4.78 is 22.5. The summed E-state index contributed by atoms with van der Waals surface area (Å²) in [6.45, 7) is 2.78. The smallest absolute Gasteiger partial charge is 0.319 e. The van der Waals surface area contributed by atoms with Crippen molar-refractivity contribution in [3.8, 4) is 17.1 Å². The molecule has 194 valence electrons. The first-order valence-corrected chi connectivity index (χ1v) is 13.3. The molecule has 2 aliphatic heterocycles. The van der Waals surface area contributed by atoms with Crippen LogP contribution in [-0.4, -0.2) is 75.6 Å². The van der Waals surface area contributed by atoms with Crippen molar-refractivity contribution in [3.63, 3.8) is 0 Å². The van der Waals surface area contributed by atoms with Gasteiger partial charge in [0.05, 0.1) is 22.8 Å². The number of likely N-dealkylation sites (N-methyl/N-ethyl adjacent to an activating group) is 1. The Morgan fingerprint density at radius 3 is 2.84 bits per heavy atom. The van der Waals surface area contributed by atoms with E-state index in [-0.39, 0.29) is 34.3 Å². The van der Waals surface area contributed by atoms with Crippen LogP contribution in [0.5, 0.6) is 6.01 Å². The number of halogens is 2. The van der Waals surface area contributed by atoms with E-state index >= 15 is 4.39 Å². The molecule has 2 aromatic carbocycles. The van der Waals surface area contributed by atoms with Gasteiger partial charge in [0, 0.05) is 35.5 Å². The largest absolute Gasteiger partial charge is 0.462 e. The lowest BCUT2D eigenvalue weighted by molar-refractivity contribution is 0.161. The fourth-order valence-electron chi connectivity index (χ4n) is 5.55. The third-order valence-corrected chi connectivity index (χ3v) is 7.97. The zero-order chi connectivity index (χ0) is 25.5. The second-order valence-electron chi connectivity index (χ2n) is 10.1. The van der Waals surface area contributed by atoms with Crippen LogP contribution in [0.2, 0.25) is 5.02 Å². The normalized spacial score (nSPS) is 21.1. The number of aromatic amines is 1. The number of likely N-dealkylation sites (tertiary alicyclic amines) is 1. The van der Waals surface area contributed by atoms with E-state index in [1.54, 1.807) is 12.3 Å². The molecule has 2 N–H and O–H groups in total. The first-order valence-electron chi connectivity index (χ1n) is 12.9. The van der Waals surface area contributed by atoms with Crippen LogP contribution in [0.25, 0.3) is 32.9 Å². The number of fused-ring (bicyclic) bond motifs is 2. The van der Waals surface area contributed by atoms with Crippen molar-refractivity contribution in [2.45, 2.75) is 44.2 Å². The highest BCUT2D eigenvalue weighted by Gasteiger charge is 2.26. The standard InChI is InChI=1S/C27H30ClFN6O2/c1-34-10-3-5-16(34)15-37-27-31-25-19(26(32-27)35-11-4-6-17(36)9-12-35)13-21(28)23(24(25)29)18-7-2-8-22-20(18)14-30-33-22/h2,7-8,13-14,16-17,36H,3-6,9-12,15H2,1H3,(H,30,33)/t16-,17?/m0/s1. The third kappa shape index (κ3) is 4.60. The number of H-pyrrole nitrogens is 1. The first kappa shape index (κ1) is 24.3. The Morgan fingerprint density at radius 1 is 1.14 bits per heavy atom. The Kier molecular flexibility index (Phi) is 6.60. The van der Waals surface area contributed by atoms with E-state index in [1.165, 1.54) is 0 Å². The van der Waals surface area contributed by atoms with E-state index in [4.69, 9.17) is 21.3 Å². The molecule has 0 radical (unpaired) electrons. The van der Waals surface area contributed by atoms with Crippen LogP contribution in [0.15, 0.2) is 30.5 Å². The Labute approximate surface area is 219 Å². The minimum atomic E-state index is -0.516. The first-order chi connectivity index (χ1) is 18.0. The number of hydrogen-bond acceptors (Lipinski definition) is 7. The van der Waals surface area contributed by atoms with Gasteiger partial charge in [-0.2, -0.15) is 15.1 Å². The van der Waals surface area contributed by atoms with Gasteiger partial charge in [-0.15, -0.1) is 0 Å². The molecule has 2 saturated heterocycles. The second kappa shape index (κ2) is 10.0.